The van der Waals surface area contributed by atoms with E-state index in [9.17, 15) is 0 Å². The van der Waals surface area contributed by atoms with E-state index in [1.165, 1.54) is 5.39 Å². The van der Waals surface area contributed by atoms with Crippen LogP contribution in [-0.2, 0) is 0 Å². The molecule has 0 fully saturated rings. The van der Waals surface area contributed by atoms with Crippen molar-refractivity contribution in [3.8, 4) is 0 Å². The summed E-state index contributed by atoms with van der Waals surface area (Å²) >= 11 is 0. The number of pyridine rings is 2. The Labute approximate surface area is 75.2 Å². The first-order valence-corrected chi connectivity index (χ1v) is 4.03. The first-order valence-electron chi connectivity index (χ1n) is 4.03. The molecule has 13 heavy (non-hydrogen) atoms. The summed E-state index contributed by atoms with van der Waals surface area (Å²) in [5, 5.41) is 2.26. The van der Waals surface area contributed by atoms with Gasteiger partial charge in [-0.1, -0.05) is 0 Å². The van der Waals surface area contributed by atoms with E-state index in [0.29, 0.717) is 0 Å². The Balaban J connectivity index is 2.56. The van der Waals surface area contributed by atoms with Crippen LogP contribution in [0.3, 0.4) is 0 Å². The Morgan fingerprint density at radius 2 is 1.62 bits per heavy atom. The zero-order valence-corrected chi connectivity index (χ0v) is 6.81. The van der Waals surface area contributed by atoms with Crippen LogP contribution >= 0.6 is 0 Å². The van der Waals surface area contributed by atoms with Crippen molar-refractivity contribution in [1.82, 2.24) is 9.97 Å². The lowest BCUT2D eigenvalue weighted by Gasteiger charge is -2.09. The van der Waals surface area contributed by atoms with Crippen LogP contribution in [0.2, 0.25) is 0 Å². The molecule has 0 amide bonds. The monoisotopic (exact) mass is 168 g/mol. The summed E-state index contributed by atoms with van der Waals surface area (Å²) < 4.78 is 0. The van der Waals surface area contributed by atoms with E-state index in [1.54, 1.807) is 0 Å². The van der Waals surface area contributed by atoms with Crippen LogP contribution < -0.4 is 0 Å². The second-order valence-corrected chi connectivity index (χ2v) is 2.96. The molecule has 1 aliphatic heterocycles. The molecule has 0 aliphatic carbocycles. The molecule has 0 saturated heterocycles. The minimum atomic E-state index is 1.07. The van der Waals surface area contributed by atoms with E-state index in [2.05, 4.69) is 15.0 Å². The topological polar surface area (TPSA) is 38.1 Å². The van der Waals surface area contributed by atoms with Gasteiger partial charge in [-0.3, -0.25) is 15.0 Å². The fourth-order valence-corrected chi connectivity index (χ4v) is 1.58. The summed E-state index contributed by atoms with van der Waals surface area (Å²) in [7, 11) is 0. The van der Waals surface area contributed by atoms with Gasteiger partial charge in [0.05, 0.1) is 0 Å². The number of nitrogens with zero attached hydrogens (tertiary/aromatic N) is 3. The van der Waals surface area contributed by atoms with Gasteiger partial charge in [0.1, 0.15) is 6.54 Å². The SMILES string of the molecule is [CH]1N=Cc2cncc3cncc1c23. The van der Waals surface area contributed by atoms with Gasteiger partial charge >= 0.3 is 0 Å². The van der Waals surface area contributed by atoms with Crippen molar-refractivity contribution in [2.45, 2.75) is 0 Å². The smallest absolute Gasteiger partial charge is 0.104 e. The standard InChI is InChI=1S/C10H6N3/c1-7-2-12-5-9-6-13-4-8(3-11-1)10(7)9/h1-6H. The van der Waals surface area contributed by atoms with E-state index < -0.39 is 0 Å². The largest absolute Gasteiger partial charge is 0.282 e. The van der Waals surface area contributed by atoms with E-state index in [4.69, 9.17) is 0 Å². The van der Waals surface area contributed by atoms with Crippen molar-refractivity contribution in [1.29, 1.82) is 0 Å². The average molecular weight is 168 g/mol. The average Bonchev–Trinajstić information content (AvgIpc) is 2.19. The van der Waals surface area contributed by atoms with Crippen molar-refractivity contribution in [2.75, 3.05) is 0 Å². The second-order valence-electron chi connectivity index (χ2n) is 2.96. The molecule has 2 aromatic rings. The van der Waals surface area contributed by atoms with Gasteiger partial charge in [0, 0.05) is 52.9 Å². The van der Waals surface area contributed by atoms with Crippen LogP contribution in [0.4, 0.5) is 0 Å². The van der Waals surface area contributed by atoms with Crippen molar-refractivity contribution in [3.63, 3.8) is 0 Å². The molecular weight excluding hydrogens is 162 g/mol. The zero-order chi connectivity index (χ0) is 8.67. The van der Waals surface area contributed by atoms with Crippen LogP contribution in [0.15, 0.2) is 29.8 Å². The van der Waals surface area contributed by atoms with Gasteiger partial charge in [-0.2, -0.15) is 0 Å². The van der Waals surface area contributed by atoms with Gasteiger partial charge in [-0.25, -0.2) is 0 Å². The lowest BCUT2D eigenvalue weighted by molar-refractivity contribution is 1.24. The van der Waals surface area contributed by atoms with Gasteiger partial charge in [0.2, 0.25) is 0 Å². The van der Waals surface area contributed by atoms with Crippen LogP contribution in [0, 0.1) is 6.54 Å². The third kappa shape index (κ3) is 0.869. The van der Waals surface area contributed by atoms with Gasteiger partial charge in [0.25, 0.3) is 0 Å². The Morgan fingerprint density at radius 1 is 0.846 bits per heavy atom. The quantitative estimate of drug-likeness (QED) is 0.598. The highest BCUT2D eigenvalue weighted by atomic mass is 14.7. The highest BCUT2D eigenvalue weighted by Gasteiger charge is 2.09. The highest BCUT2D eigenvalue weighted by molar-refractivity contribution is 6.02. The first-order chi connectivity index (χ1) is 6.45. The Morgan fingerprint density at radius 3 is 2.46 bits per heavy atom. The fourth-order valence-electron chi connectivity index (χ4n) is 1.58. The fraction of sp³-hybridized carbons (Fsp3) is 0. The predicted octanol–water partition coefficient (Wildman–Crippen LogP) is 1.57. The molecule has 1 radical (unpaired) electrons. The number of hydrogen-bond donors (Lipinski definition) is 0. The highest BCUT2D eigenvalue weighted by Crippen LogP contribution is 2.23. The van der Waals surface area contributed by atoms with E-state index in [1.807, 2.05) is 37.5 Å². The van der Waals surface area contributed by atoms with Crippen molar-refractivity contribution >= 4 is 17.0 Å². The molecule has 3 rings (SSSR count). The van der Waals surface area contributed by atoms with Gasteiger partial charge < -0.3 is 0 Å². The molecule has 0 saturated carbocycles. The summed E-state index contributed by atoms with van der Waals surface area (Å²) in [6.45, 7) is 1.82. The Kier molecular flexibility index (Phi) is 1.22. The molecule has 0 aromatic carbocycles. The minimum absolute atomic E-state index is 1.07. The third-order valence-corrected chi connectivity index (χ3v) is 2.15. The maximum atomic E-state index is 4.11. The molecular formula is C10H6N3. The molecule has 0 bridgehead atoms. The van der Waals surface area contributed by atoms with Gasteiger partial charge in [0.15, 0.2) is 0 Å². The molecule has 0 unspecified atom stereocenters. The number of hydrogen-bond acceptors (Lipinski definition) is 3. The number of aromatic nitrogens is 2. The maximum Gasteiger partial charge on any atom is 0.104 e. The van der Waals surface area contributed by atoms with Crippen molar-refractivity contribution in [3.05, 3.63) is 42.5 Å². The van der Waals surface area contributed by atoms with Crippen molar-refractivity contribution < 1.29 is 0 Å². The zero-order valence-electron chi connectivity index (χ0n) is 6.81. The lowest BCUT2D eigenvalue weighted by atomic mass is 10.0. The molecule has 3 nitrogen and oxygen atoms in total. The Hall–Kier alpha value is -1.77. The van der Waals surface area contributed by atoms with E-state index in [-0.39, 0.29) is 0 Å². The van der Waals surface area contributed by atoms with E-state index >= 15 is 0 Å². The summed E-state index contributed by atoms with van der Waals surface area (Å²) in [6, 6.07) is 0. The summed E-state index contributed by atoms with van der Waals surface area (Å²) in [5.41, 5.74) is 2.13. The summed E-state index contributed by atoms with van der Waals surface area (Å²) in [5.74, 6) is 0. The second kappa shape index (κ2) is 2.36. The molecule has 0 N–H and O–H groups in total. The molecule has 0 spiro atoms. The lowest BCUT2D eigenvalue weighted by Crippen LogP contribution is -1.97. The van der Waals surface area contributed by atoms with Crippen LogP contribution in [-0.4, -0.2) is 16.2 Å². The summed E-state index contributed by atoms with van der Waals surface area (Å²) in [4.78, 5) is 12.3. The normalized spacial score (nSPS) is 13.5. The third-order valence-electron chi connectivity index (χ3n) is 2.15. The molecule has 1 aliphatic rings. The van der Waals surface area contributed by atoms with Crippen molar-refractivity contribution in [2.24, 2.45) is 4.99 Å². The number of aliphatic imine (C=N–C) groups is 1. The number of rotatable bonds is 0. The first kappa shape index (κ1) is 6.71. The summed E-state index contributed by atoms with van der Waals surface area (Å²) in [6.07, 6.45) is 9.11. The van der Waals surface area contributed by atoms with Crippen LogP contribution in [0.1, 0.15) is 11.1 Å². The van der Waals surface area contributed by atoms with Crippen LogP contribution in [0.5, 0.6) is 0 Å². The minimum Gasteiger partial charge on any atom is -0.282 e. The molecule has 0 atom stereocenters. The van der Waals surface area contributed by atoms with Gasteiger partial charge in [-0.15, -0.1) is 0 Å². The van der Waals surface area contributed by atoms with E-state index in [0.717, 1.165) is 16.5 Å². The molecule has 3 heteroatoms. The van der Waals surface area contributed by atoms with Crippen LogP contribution in [0.25, 0.3) is 10.8 Å². The molecule has 3 heterocycles. The van der Waals surface area contributed by atoms with Gasteiger partial charge in [-0.05, 0) is 0 Å². The predicted molar refractivity (Wildman–Crippen MR) is 50.5 cm³/mol. The maximum absolute atomic E-state index is 4.11. The molecule has 61 valence electrons. The molecule has 2 aromatic heterocycles. The Bertz CT molecular complexity index is 497.